The number of nitrogens with zero attached hydrogens (tertiary/aromatic N) is 4. The van der Waals surface area contributed by atoms with E-state index in [1.165, 1.54) is 12.1 Å². The van der Waals surface area contributed by atoms with Crippen molar-refractivity contribution in [2.24, 2.45) is 0 Å². The zero-order valence-corrected chi connectivity index (χ0v) is 12.5. The maximum Gasteiger partial charge on any atom is 0.319 e. The van der Waals surface area contributed by atoms with Crippen LogP contribution in [0, 0.1) is 17.0 Å². The molecule has 0 aliphatic heterocycles. The highest BCUT2D eigenvalue weighted by molar-refractivity contribution is 5.89. The van der Waals surface area contributed by atoms with E-state index in [1.54, 1.807) is 19.3 Å². The molecule has 1 aromatic heterocycles. The molecule has 0 saturated heterocycles. The average molecular weight is 316 g/mol. The van der Waals surface area contributed by atoms with Gasteiger partial charge in [0, 0.05) is 23.4 Å². The minimum atomic E-state index is -0.454. The van der Waals surface area contributed by atoms with Gasteiger partial charge in [0.1, 0.15) is 6.33 Å². The Morgan fingerprint density at radius 1 is 1.48 bits per heavy atom. The van der Waals surface area contributed by atoms with Crippen LogP contribution in [0.3, 0.4) is 0 Å². The van der Waals surface area contributed by atoms with Crippen LogP contribution in [0.1, 0.15) is 30.3 Å². The van der Waals surface area contributed by atoms with Gasteiger partial charge in [-0.25, -0.2) is 4.79 Å². The Morgan fingerprint density at radius 3 is 2.91 bits per heavy atom. The van der Waals surface area contributed by atoms with E-state index >= 15 is 0 Å². The first-order valence-corrected chi connectivity index (χ1v) is 7.23. The standard InChI is InChI=1S/C14H16N6O3/c1-9-6-10(2-5-12(9)20(22)23)17-14(21)15-7-13-18-16-8-19(13)11-3-4-11/h2,5-6,8,11H,3-4,7H2,1H3,(H2,15,17,21). The summed E-state index contributed by atoms with van der Waals surface area (Å²) < 4.78 is 1.97. The van der Waals surface area contributed by atoms with Crippen molar-refractivity contribution in [1.29, 1.82) is 0 Å². The zero-order chi connectivity index (χ0) is 16.4. The highest BCUT2D eigenvalue weighted by atomic mass is 16.6. The van der Waals surface area contributed by atoms with Gasteiger partial charge < -0.3 is 15.2 Å². The van der Waals surface area contributed by atoms with Crippen LogP contribution in [-0.2, 0) is 6.54 Å². The van der Waals surface area contributed by atoms with Crippen LogP contribution in [0.25, 0.3) is 0 Å². The summed E-state index contributed by atoms with van der Waals surface area (Å²) in [5.41, 5.74) is 1.00. The minimum absolute atomic E-state index is 0.0218. The topological polar surface area (TPSA) is 115 Å². The van der Waals surface area contributed by atoms with Gasteiger partial charge in [-0.2, -0.15) is 0 Å². The first-order chi connectivity index (χ1) is 11.0. The Balaban J connectivity index is 1.58. The fraction of sp³-hybridized carbons (Fsp3) is 0.357. The number of aromatic nitrogens is 3. The number of rotatable bonds is 5. The van der Waals surface area contributed by atoms with Gasteiger partial charge >= 0.3 is 6.03 Å². The lowest BCUT2D eigenvalue weighted by molar-refractivity contribution is -0.385. The number of hydrogen-bond donors (Lipinski definition) is 2. The summed E-state index contributed by atoms with van der Waals surface area (Å²) in [7, 11) is 0. The smallest absolute Gasteiger partial charge is 0.319 e. The van der Waals surface area contributed by atoms with Gasteiger partial charge in [0.05, 0.1) is 11.5 Å². The second kappa shape index (κ2) is 6.03. The molecule has 1 aliphatic rings. The van der Waals surface area contributed by atoms with E-state index in [4.69, 9.17) is 0 Å². The highest BCUT2D eigenvalue weighted by Crippen LogP contribution is 2.35. The van der Waals surface area contributed by atoms with Crippen LogP contribution >= 0.6 is 0 Å². The molecule has 9 nitrogen and oxygen atoms in total. The number of nitro benzene ring substituents is 1. The summed E-state index contributed by atoms with van der Waals surface area (Å²) in [6, 6.07) is 4.47. The Kier molecular flexibility index (Phi) is 3.92. The number of urea groups is 1. The Morgan fingerprint density at radius 2 is 2.26 bits per heavy atom. The molecule has 1 aromatic carbocycles. The fourth-order valence-electron chi connectivity index (χ4n) is 2.32. The lowest BCUT2D eigenvalue weighted by atomic mass is 10.2. The molecule has 0 unspecified atom stereocenters. The number of nitrogens with one attached hydrogen (secondary N) is 2. The van der Waals surface area contributed by atoms with Crippen LogP contribution in [0.4, 0.5) is 16.2 Å². The van der Waals surface area contributed by atoms with E-state index in [2.05, 4.69) is 20.8 Å². The Hall–Kier alpha value is -2.97. The molecule has 1 aliphatic carbocycles. The van der Waals surface area contributed by atoms with Crippen molar-refractivity contribution in [3.05, 3.63) is 46.0 Å². The lowest BCUT2D eigenvalue weighted by Gasteiger charge is -2.09. The fourth-order valence-corrected chi connectivity index (χ4v) is 2.32. The molecule has 1 heterocycles. The van der Waals surface area contributed by atoms with Crippen LogP contribution in [0.5, 0.6) is 0 Å². The van der Waals surface area contributed by atoms with E-state index < -0.39 is 11.0 Å². The van der Waals surface area contributed by atoms with Crippen LogP contribution in [-0.4, -0.2) is 25.7 Å². The van der Waals surface area contributed by atoms with Crippen molar-refractivity contribution >= 4 is 17.4 Å². The number of carbonyl (C=O) groups excluding carboxylic acids is 1. The van der Waals surface area contributed by atoms with Gasteiger partial charge in [-0.05, 0) is 31.9 Å². The SMILES string of the molecule is Cc1cc(NC(=O)NCc2nncn2C2CC2)ccc1[N+](=O)[O-]. The molecule has 23 heavy (non-hydrogen) atoms. The van der Waals surface area contributed by atoms with Crippen molar-refractivity contribution in [3.63, 3.8) is 0 Å². The van der Waals surface area contributed by atoms with Gasteiger partial charge in [0.15, 0.2) is 5.82 Å². The highest BCUT2D eigenvalue weighted by Gasteiger charge is 2.26. The van der Waals surface area contributed by atoms with Crippen molar-refractivity contribution < 1.29 is 9.72 Å². The third kappa shape index (κ3) is 3.44. The van der Waals surface area contributed by atoms with Crippen molar-refractivity contribution in [2.45, 2.75) is 32.4 Å². The molecular weight excluding hydrogens is 300 g/mol. The van der Waals surface area contributed by atoms with E-state index in [9.17, 15) is 14.9 Å². The molecule has 1 fully saturated rings. The maximum atomic E-state index is 11.9. The largest absolute Gasteiger partial charge is 0.331 e. The quantitative estimate of drug-likeness (QED) is 0.648. The van der Waals surface area contributed by atoms with Crippen molar-refractivity contribution in [2.75, 3.05) is 5.32 Å². The molecule has 120 valence electrons. The van der Waals surface area contributed by atoms with Gasteiger partial charge in [-0.1, -0.05) is 0 Å². The number of anilines is 1. The zero-order valence-electron chi connectivity index (χ0n) is 12.5. The number of nitro groups is 1. The maximum absolute atomic E-state index is 11.9. The third-order valence-electron chi connectivity index (χ3n) is 3.65. The van der Waals surface area contributed by atoms with Crippen LogP contribution < -0.4 is 10.6 Å². The molecule has 2 N–H and O–H groups in total. The van der Waals surface area contributed by atoms with E-state index in [-0.39, 0.29) is 12.2 Å². The molecule has 1 saturated carbocycles. The monoisotopic (exact) mass is 316 g/mol. The Bertz CT molecular complexity index is 753. The first-order valence-electron chi connectivity index (χ1n) is 7.23. The second-order valence-corrected chi connectivity index (χ2v) is 5.45. The summed E-state index contributed by atoms with van der Waals surface area (Å²) >= 11 is 0. The number of aryl methyl sites for hydroxylation is 1. The summed E-state index contributed by atoms with van der Waals surface area (Å²) in [5, 5.41) is 24.0. The van der Waals surface area contributed by atoms with Crippen LogP contribution in [0.15, 0.2) is 24.5 Å². The Labute approximate surface area is 131 Å². The van der Waals surface area contributed by atoms with Crippen LogP contribution in [0.2, 0.25) is 0 Å². The van der Waals surface area contributed by atoms with E-state index in [1.807, 2.05) is 4.57 Å². The normalized spacial score (nSPS) is 13.6. The number of carbonyl (C=O) groups is 1. The predicted molar refractivity (Wildman–Crippen MR) is 82.0 cm³/mol. The lowest BCUT2D eigenvalue weighted by Crippen LogP contribution is -2.29. The van der Waals surface area contributed by atoms with Gasteiger partial charge in [0.25, 0.3) is 5.69 Å². The van der Waals surface area contributed by atoms with Gasteiger partial charge in [-0.15, -0.1) is 10.2 Å². The van der Waals surface area contributed by atoms with E-state index in [0.717, 1.165) is 12.8 Å². The molecule has 2 amide bonds. The molecule has 0 bridgehead atoms. The summed E-state index contributed by atoms with van der Waals surface area (Å²) in [6.45, 7) is 1.90. The minimum Gasteiger partial charge on any atom is -0.331 e. The third-order valence-corrected chi connectivity index (χ3v) is 3.65. The average Bonchev–Trinajstić information content (AvgIpc) is 3.23. The van der Waals surface area contributed by atoms with Gasteiger partial charge in [0.2, 0.25) is 0 Å². The summed E-state index contributed by atoms with van der Waals surface area (Å²) in [6.07, 6.45) is 3.89. The van der Waals surface area contributed by atoms with Gasteiger partial charge in [-0.3, -0.25) is 10.1 Å². The van der Waals surface area contributed by atoms with Crippen molar-refractivity contribution in [3.8, 4) is 0 Å². The molecule has 0 spiro atoms. The number of benzene rings is 1. The molecule has 2 aromatic rings. The summed E-state index contributed by atoms with van der Waals surface area (Å²) in [4.78, 5) is 22.2. The van der Waals surface area contributed by atoms with Crippen molar-refractivity contribution in [1.82, 2.24) is 20.1 Å². The molecule has 0 radical (unpaired) electrons. The first kappa shape index (κ1) is 14.9. The predicted octanol–water partition coefficient (Wildman–Crippen LogP) is 2.15. The molecule has 0 atom stereocenters. The van der Waals surface area contributed by atoms with E-state index in [0.29, 0.717) is 23.1 Å². The molecule has 9 heteroatoms. The second-order valence-electron chi connectivity index (χ2n) is 5.45. The molecular formula is C14H16N6O3. The molecule has 3 rings (SSSR count). The number of amides is 2. The number of hydrogen-bond acceptors (Lipinski definition) is 5. The summed E-state index contributed by atoms with van der Waals surface area (Å²) in [5.74, 6) is 0.711.